The van der Waals surface area contributed by atoms with Crippen molar-refractivity contribution in [2.24, 2.45) is 11.8 Å². The summed E-state index contributed by atoms with van der Waals surface area (Å²) in [6, 6.07) is 0. The molecule has 17 nitrogen and oxygen atoms in total. The Hall–Kier alpha value is -1.94. The van der Waals surface area contributed by atoms with Crippen molar-refractivity contribution in [1.82, 2.24) is 0 Å². The number of aliphatic hydroxyl groups is 1. The summed E-state index contributed by atoms with van der Waals surface area (Å²) in [6.07, 6.45) is 47.2. The molecule has 0 heterocycles. The summed E-state index contributed by atoms with van der Waals surface area (Å²) in [5.74, 6) is -0.636. The maximum Gasteiger partial charge on any atom is 0.472 e. The first-order valence-electron chi connectivity index (χ1n) is 36.5. The van der Waals surface area contributed by atoms with Crippen LogP contribution in [0.25, 0.3) is 0 Å². The van der Waals surface area contributed by atoms with Crippen LogP contribution in [0.5, 0.6) is 0 Å². The third-order valence-electron chi connectivity index (χ3n) is 16.2. The van der Waals surface area contributed by atoms with Gasteiger partial charge in [0.2, 0.25) is 0 Å². The lowest BCUT2D eigenvalue weighted by molar-refractivity contribution is -0.161. The fourth-order valence-corrected chi connectivity index (χ4v) is 12.2. The van der Waals surface area contributed by atoms with Crippen molar-refractivity contribution >= 4 is 39.5 Å². The first kappa shape index (κ1) is 87.1. The van der Waals surface area contributed by atoms with E-state index in [2.05, 4.69) is 41.5 Å². The summed E-state index contributed by atoms with van der Waals surface area (Å²) >= 11 is 0. The Labute approximate surface area is 543 Å². The molecule has 528 valence electrons. The molecule has 89 heavy (non-hydrogen) atoms. The monoisotopic (exact) mass is 1310 g/mol. The van der Waals surface area contributed by atoms with Crippen molar-refractivity contribution in [3.63, 3.8) is 0 Å². The molecule has 2 unspecified atom stereocenters. The number of rotatable bonds is 69. The first-order chi connectivity index (χ1) is 42.9. The Balaban J connectivity index is 5.24. The van der Waals surface area contributed by atoms with Gasteiger partial charge in [0.05, 0.1) is 26.4 Å². The molecule has 0 bridgehead atoms. The van der Waals surface area contributed by atoms with Crippen LogP contribution >= 0.6 is 15.6 Å². The van der Waals surface area contributed by atoms with Crippen LogP contribution in [-0.4, -0.2) is 96.7 Å². The summed E-state index contributed by atoms with van der Waals surface area (Å²) in [7, 11) is -9.90. The third kappa shape index (κ3) is 64.6. The zero-order valence-electron chi connectivity index (χ0n) is 57.7. The molecule has 0 saturated carbocycles. The van der Waals surface area contributed by atoms with E-state index in [1.165, 1.54) is 173 Å². The Kier molecular flexibility index (Phi) is 60.8. The molecule has 0 fully saturated rings. The number of carbonyl (C=O) groups is 4. The first-order valence-corrected chi connectivity index (χ1v) is 39.5. The molecule has 0 radical (unpaired) electrons. The van der Waals surface area contributed by atoms with E-state index in [9.17, 15) is 43.2 Å². The van der Waals surface area contributed by atoms with Gasteiger partial charge in [-0.1, -0.05) is 305 Å². The number of hydrogen-bond acceptors (Lipinski definition) is 15. The maximum atomic E-state index is 13.0. The molecule has 19 heteroatoms. The highest BCUT2D eigenvalue weighted by atomic mass is 31.2. The minimum absolute atomic E-state index is 0.104. The number of esters is 4. The van der Waals surface area contributed by atoms with Gasteiger partial charge in [-0.25, -0.2) is 9.13 Å². The summed E-state index contributed by atoms with van der Waals surface area (Å²) in [4.78, 5) is 72.5. The van der Waals surface area contributed by atoms with Crippen LogP contribution in [0.15, 0.2) is 0 Å². The quantitative estimate of drug-likeness (QED) is 0.0222. The molecule has 0 aromatic rings. The van der Waals surface area contributed by atoms with E-state index in [1.54, 1.807) is 0 Å². The summed E-state index contributed by atoms with van der Waals surface area (Å²) in [6.45, 7) is 9.50. The van der Waals surface area contributed by atoms with Gasteiger partial charge in [0, 0.05) is 25.7 Å². The number of ether oxygens (including phenoxy) is 4. The second-order valence-corrected chi connectivity index (χ2v) is 29.1. The topological polar surface area (TPSA) is 237 Å². The predicted molar refractivity (Wildman–Crippen MR) is 358 cm³/mol. The number of phosphoric ester groups is 2. The second kappa shape index (κ2) is 62.2. The van der Waals surface area contributed by atoms with Crippen molar-refractivity contribution in [3.05, 3.63) is 0 Å². The lowest BCUT2D eigenvalue weighted by atomic mass is 10.0. The van der Waals surface area contributed by atoms with Crippen LogP contribution in [-0.2, 0) is 65.4 Å². The van der Waals surface area contributed by atoms with Crippen LogP contribution in [0.2, 0.25) is 0 Å². The van der Waals surface area contributed by atoms with Crippen LogP contribution < -0.4 is 0 Å². The third-order valence-corrected chi connectivity index (χ3v) is 18.1. The summed E-state index contributed by atoms with van der Waals surface area (Å²) in [5.41, 5.74) is 0. The van der Waals surface area contributed by atoms with Gasteiger partial charge in [0.15, 0.2) is 12.2 Å². The molecule has 0 aliphatic carbocycles. The van der Waals surface area contributed by atoms with Crippen LogP contribution in [0.4, 0.5) is 0 Å². The van der Waals surface area contributed by atoms with Crippen molar-refractivity contribution < 1.29 is 80.2 Å². The van der Waals surface area contributed by atoms with Gasteiger partial charge >= 0.3 is 39.5 Å². The van der Waals surface area contributed by atoms with Gasteiger partial charge in [0.25, 0.3) is 0 Å². The van der Waals surface area contributed by atoms with E-state index >= 15 is 0 Å². The predicted octanol–water partition coefficient (Wildman–Crippen LogP) is 20.0. The number of unbranched alkanes of at least 4 members (excludes halogenated alkanes) is 39. The van der Waals surface area contributed by atoms with Gasteiger partial charge in [0.1, 0.15) is 19.3 Å². The molecule has 0 rings (SSSR count). The smallest absolute Gasteiger partial charge is 0.462 e. The van der Waals surface area contributed by atoms with E-state index in [0.29, 0.717) is 25.7 Å². The van der Waals surface area contributed by atoms with Gasteiger partial charge in [-0.05, 0) is 37.5 Å². The molecule has 0 aliphatic heterocycles. The highest BCUT2D eigenvalue weighted by Gasteiger charge is 2.30. The van der Waals surface area contributed by atoms with Crippen LogP contribution in [0.3, 0.4) is 0 Å². The van der Waals surface area contributed by atoms with E-state index in [1.807, 2.05) is 0 Å². The molecule has 3 N–H and O–H groups in total. The summed E-state index contributed by atoms with van der Waals surface area (Å²) < 4.78 is 68.2. The molecule has 5 atom stereocenters. The fraction of sp³-hybridized carbons (Fsp3) is 0.943. The van der Waals surface area contributed by atoms with E-state index < -0.39 is 97.5 Å². The average molecular weight is 1310 g/mol. The number of hydrogen-bond donors (Lipinski definition) is 3. The number of aliphatic hydroxyl groups excluding tert-OH is 1. The highest BCUT2D eigenvalue weighted by Crippen LogP contribution is 2.45. The molecule has 0 aliphatic rings. The second-order valence-electron chi connectivity index (χ2n) is 26.2. The fourth-order valence-electron chi connectivity index (χ4n) is 10.6. The molecular formula is C70H136O17P2. The number of carbonyl (C=O) groups excluding carboxylic acids is 4. The lowest BCUT2D eigenvalue weighted by Gasteiger charge is -2.21. The zero-order chi connectivity index (χ0) is 65.7. The minimum Gasteiger partial charge on any atom is -0.462 e. The molecule has 0 aromatic heterocycles. The van der Waals surface area contributed by atoms with E-state index in [-0.39, 0.29) is 25.7 Å². The SMILES string of the molecule is CCCCCCCCCCCCCCCCCC(=O)O[C@H](COC(=O)CCCCCCCCCCCCCC(C)C)COP(=O)(O)OC[C@@H](O)COP(=O)(O)OC[C@@H](COC(=O)CCCCCCCCCCC)OC(=O)CCCCCCCCCCC(C)C. The van der Waals surface area contributed by atoms with Gasteiger partial charge in [-0.3, -0.25) is 37.3 Å². The van der Waals surface area contributed by atoms with Crippen LogP contribution in [0.1, 0.15) is 356 Å². The van der Waals surface area contributed by atoms with Crippen molar-refractivity contribution in [1.29, 1.82) is 0 Å². The molecule has 0 amide bonds. The zero-order valence-corrected chi connectivity index (χ0v) is 59.5. The standard InChI is InChI=1S/C70H136O17P2/c1-7-9-11-13-15-17-18-19-20-21-24-29-36-42-48-54-69(74)86-65(59-81-68(73)53-47-41-35-28-25-22-23-27-32-38-44-50-62(3)4)60-84-88(76,77)82-56-64(71)57-83-89(78,79)85-61-66(58-80-67(72)52-46-40-34-26-16-14-12-10-8-2)87-70(75)55-49-43-37-31-30-33-39-45-51-63(5)6/h62-66,71H,7-61H2,1-6H3,(H,76,77)(H,78,79)/t64-,65-,66-/m1/s1. The number of phosphoric acid groups is 2. The lowest BCUT2D eigenvalue weighted by Crippen LogP contribution is -2.30. The maximum absolute atomic E-state index is 13.0. The van der Waals surface area contributed by atoms with E-state index in [0.717, 1.165) is 102 Å². The van der Waals surface area contributed by atoms with Crippen molar-refractivity contribution in [2.45, 2.75) is 374 Å². The largest absolute Gasteiger partial charge is 0.472 e. The van der Waals surface area contributed by atoms with Crippen molar-refractivity contribution in [2.75, 3.05) is 39.6 Å². The van der Waals surface area contributed by atoms with Gasteiger partial charge in [-0.2, -0.15) is 0 Å². The van der Waals surface area contributed by atoms with Gasteiger partial charge < -0.3 is 33.8 Å². The normalized spacial score (nSPS) is 14.1. The molecule has 0 aromatic carbocycles. The summed E-state index contributed by atoms with van der Waals surface area (Å²) in [5, 5.41) is 10.6. The molecule has 0 spiro atoms. The Morgan fingerprint density at radius 3 is 0.764 bits per heavy atom. The molecule has 0 saturated heterocycles. The molecular weight excluding hydrogens is 1170 g/mol. The van der Waals surface area contributed by atoms with Crippen LogP contribution in [0, 0.1) is 11.8 Å². The minimum atomic E-state index is -4.95. The Morgan fingerprint density at radius 1 is 0.303 bits per heavy atom. The highest BCUT2D eigenvalue weighted by molar-refractivity contribution is 7.47. The average Bonchev–Trinajstić information content (AvgIpc) is 3.61. The van der Waals surface area contributed by atoms with Gasteiger partial charge in [-0.15, -0.1) is 0 Å². The van der Waals surface area contributed by atoms with Crippen molar-refractivity contribution in [3.8, 4) is 0 Å². The Bertz CT molecular complexity index is 1730. The Morgan fingerprint density at radius 2 is 0.517 bits per heavy atom. The van der Waals surface area contributed by atoms with E-state index in [4.69, 9.17) is 37.0 Å².